The van der Waals surface area contributed by atoms with E-state index in [1.54, 1.807) is 5.57 Å². The summed E-state index contributed by atoms with van der Waals surface area (Å²) >= 11 is 0. The molecule has 9 atom stereocenters. The van der Waals surface area contributed by atoms with Crippen molar-refractivity contribution >= 4 is 5.97 Å². The Labute approximate surface area is 303 Å². The van der Waals surface area contributed by atoms with Crippen molar-refractivity contribution < 1.29 is 9.53 Å². The maximum atomic E-state index is 12.8. The Hall–Kier alpha value is -1.83. The van der Waals surface area contributed by atoms with E-state index in [4.69, 9.17) is 4.74 Å². The van der Waals surface area contributed by atoms with E-state index in [1.807, 2.05) is 0 Å². The zero-order valence-electron chi connectivity index (χ0n) is 33.1. The second-order valence-corrected chi connectivity index (χ2v) is 17.5. The van der Waals surface area contributed by atoms with Crippen LogP contribution in [0.2, 0.25) is 0 Å². The van der Waals surface area contributed by atoms with E-state index in [9.17, 15) is 4.79 Å². The number of fused-ring (bicyclic) bond motifs is 5. The van der Waals surface area contributed by atoms with Gasteiger partial charge in [-0.15, -0.1) is 0 Å². The third-order valence-electron chi connectivity index (χ3n) is 14.1. The molecule has 0 saturated heterocycles. The van der Waals surface area contributed by atoms with Crippen molar-refractivity contribution in [3.05, 3.63) is 60.3 Å². The molecule has 4 aliphatic carbocycles. The van der Waals surface area contributed by atoms with Crippen LogP contribution in [0.15, 0.2) is 60.3 Å². The summed E-state index contributed by atoms with van der Waals surface area (Å²) in [5.74, 6) is 5.49. The molecule has 0 amide bonds. The van der Waals surface area contributed by atoms with Gasteiger partial charge in [0.15, 0.2) is 0 Å². The Morgan fingerprint density at radius 2 is 1.55 bits per heavy atom. The lowest BCUT2D eigenvalue weighted by Gasteiger charge is -2.58. The van der Waals surface area contributed by atoms with Crippen molar-refractivity contribution in [3.8, 4) is 0 Å². The number of allylic oxidation sites excluding steroid dienone is 9. The van der Waals surface area contributed by atoms with Crippen LogP contribution in [-0.2, 0) is 9.53 Å². The minimum atomic E-state index is 0.0383. The van der Waals surface area contributed by atoms with E-state index in [2.05, 4.69) is 103 Å². The van der Waals surface area contributed by atoms with Crippen molar-refractivity contribution in [1.82, 2.24) is 0 Å². The molecule has 0 radical (unpaired) electrons. The van der Waals surface area contributed by atoms with Crippen LogP contribution in [0.1, 0.15) is 170 Å². The first kappa shape index (κ1) is 39.9. The quantitative estimate of drug-likeness (QED) is 0.0775. The fourth-order valence-electron chi connectivity index (χ4n) is 11.0. The summed E-state index contributed by atoms with van der Waals surface area (Å²) in [4.78, 5) is 12.8. The molecular formula is C47H76O2. The second-order valence-electron chi connectivity index (χ2n) is 17.5. The Kier molecular flexibility index (Phi) is 16.1. The molecule has 1 unspecified atom stereocenters. The summed E-state index contributed by atoms with van der Waals surface area (Å²) in [6, 6.07) is 0. The molecule has 4 rings (SSSR count). The van der Waals surface area contributed by atoms with E-state index < -0.39 is 0 Å². The summed E-state index contributed by atoms with van der Waals surface area (Å²) in [6.07, 6.45) is 43.6. The highest BCUT2D eigenvalue weighted by Crippen LogP contribution is 2.67. The van der Waals surface area contributed by atoms with Gasteiger partial charge in [-0.1, -0.05) is 128 Å². The monoisotopic (exact) mass is 673 g/mol. The molecule has 0 heterocycles. The van der Waals surface area contributed by atoms with E-state index in [0.29, 0.717) is 29.1 Å². The van der Waals surface area contributed by atoms with Gasteiger partial charge in [0.1, 0.15) is 6.10 Å². The van der Waals surface area contributed by atoms with Crippen molar-refractivity contribution in [3.63, 3.8) is 0 Å². The Morgan fingerprint density at radius 1 is 0.837 bits per heavy atom. The largest absolute Gasteiger partial charge is 0.462 e. The van der Waals surface area contributed by atoms with Crippen molar-refractivity contribution in [2.24, 2.45) is 52.3 Å². The number of hydrogen-bond donors (Lipinski definition) is 0. The fraction of sp³-hybridized carbons (Fsp3) is 0.766. The minimum Gasteiger partial charge on any atom is -0.462 e. The topological polar surface area (TPSA) is 26.3 Å². The lowest BCUT2D eigenvalue weighted by molar-refractivity contribution is -0.151. The van der Waals surface area contributed by atoms with Crippen molar-refractivity contribution in [2.45, 2.75) is 177 Å². The number of ether oxygens (including phenoxy) is 1. The molecule has 0 aromatic carbocycles. The predicted molar refractivity (Wildman–Crippen MR) is 211 cm³/mol. The van der Waals surface area contributed by atoms with E-state index in [1.165, 1.54) is 70.6 Å². The van der Waals surface area contributed by atoms with Gasteiger partial charge in [-0.2, -0.15) is 0 Å². The molecule has 4 aliphatic rings. The van der Waals surface area contributed by atoms with Crippen LogP contribution >= 0.6 is 0 Å². The predicted octanol–water partition coefficient (Wildman–Crippen LogP) is 13.9. The Balaban J connectivity index is 1.16. The smallest absolute Gasteiger partial charge is 0.306 e. The lowest BCUT2D eigenvalue weighted by Crippen LogP contribution is -2.51. The molecule has 0 aliphatic heterocycles. The number of carbonyl (C=O) groups excluding carboxylic acids is 1. The SMILES string of the molecule is CCC=CCC=CCC=CCCCCCCCC(=O)OC1CC[C@@]2(C)C(=CC[C@H]3[C@@H]4CC[C@H]([C@H](C)C=C[C@@H](CC)C(C)C)[C@@]4(C)CC[C@@H]32)C1. The van der Waals surface area contributed by atoms with Crippen LogP contribution in [0.25, 0.3) is 0 Å². The molecule has 49 heavy (non-hydrogen) atoms. The summed E-state index contributed by atoms with van der Waals surface area (Å²) in [5, 5.41) is 0. The third-order valence-corrected chi connectivity index (χ3v) is 14.1. The molecule has 0 bridgehead atoms. The van der Waals surface area contributed by atoms with Crippen molar-refractivity contribution in [2.75, 3.05) is 0 Å². The molecule has 3 fully saturated rings. The van der Waals surface area contributed by atoms with Gasteiger partial charge < -0.3 is 4.74 Å². The molecule has 2 heteroatoms. The second kappa shape index (κ2) is 19.7. The summed E-state index contributed by atoms with van der Waals surface area (Å²) in [6.45, 7) is 17.1. The molecule has 0 spiro atoms. The van der Waals surface area contributed by atoms with E-state index in [0.717, 1.165) is 74.5 Å². The maximum Gasteiger partial charge on any atom is 0.306 e. The van der Waals surface area contributed by atoms with Gasteiger partial charge in [0.2, 0.25) is 0 Å². The van der Waals surface area contributed by atoms with Crippen LogP contribution in [0.3, 0.4) is 0 Å². The molecule has 0 aromatic rings. The van der Waals surface area contributed by atoms with Gasteiger partial charge in [-0.25, -0.2) is 0 Å². The van der Waals surface area contributed by atoms with E-state index in [-0.39, 0.29) is 12.1 Å². The Morgan fingerprint density at radius 3 is 2.29 bits per heavy atom. The van der Waals surface area contributed by atoms with Crippen LogP contribution in [0, 0.1) is 52.3 Å². The zero-order valence-corrected chi connectivity index (χ0v) is 33.1. The fourth-order valence-corrected chi connectivity index (χ4v) is 11.0. The average molecular weight is 673 g/mol. The van der Waals surface area contributed by atoms with Gasteiger partial charge in [-0.3, -0.25) is 4.79 Å². The van der Waals surface area contributed by atoms with Crippen LogP contribution in [0.4, 0.5) is 0 Å². The summed E-state index contributed by atoms with van der Waals surface area (Å²) < 4.78 is 6.12. The van der Waals surface area contributed by atoms with Crippen molar-refractivity contribution in [1.29, 1.82) is 0 Å². The molecule has 0 aromatic heterocycles. The van der Waals surface area contributed by atoms with Crippen LogP contribution in [0.5, 0.6) is 0 Å². The molecule has 276 valence electrons. The number of unbranched alkanes of at least 4 members (excludes halogenated alkanes) is 5. The van der Waals surface area contributed by atoms with Gasteiger partial charge in [-0.05, 0) is 142 Å². The van der Waals surface area contributed by atoms with Gasteiger partial charge >= 0.3 is 5.97 Å². The van der Waals surface area contributed by atoms with Gasteiger partial charge in [0, 0.05) is 12.8 Å². The zero-order chi connectivity index (χ0) is 35.3. The summed E-state index contributed by atoms with van der Waals surface area (Å²) in [5.41, 5.74) is 2.42. The van der Waals surface area contributed by atoms with Gasteiger partial charge in [0.25, 0.3) is 0 Å². The first-order valence-electron chi connectivity index (χ1n) is 21.2. The molecule has 0 N–H and O–H groups in total. The maximum absolute atomic E-state index is 12.8. The first-order chi connectivity index (χ1) is 23.6. The number of rotatable bonds is 19. The first-order valence-corrected chi connectivity index (χ1v) is 21.2. The third kappa shape index (κ3) is 10.6. The minimum absolute atomic E-state index is 0.0383. The molecule has 2 nitrogen and oxygen atoms in total. The normalized spacial score (nSPS) is 32.9. The highest BCUT2D eigenvalue weighted by Gasteiger charge is 2.59. The van der Waals surface area contributed by atoms with Crippen LogP contribution in [-0.4, -0.2) is 12.1 Å². The average Bonchev–Trinajstić information content (AvgIpc) is 3.44. The molecule has 3 saturated carbocycles. The molecular weight excluding hydrogens is 597 g/mol. The van der Waals surface area contributed by atoms with Crippen LogP contribution < -0.4 is 0 Å². The highest BCUT2D eigenvalue weighted by molar-refractivity contribution is 5.69. The number of hydrogen-bond acceptors (Lipinski definition) is 2. The standard InChI is InChI=1S/C47H76O2/c1-8-10-11-12-13-14-15-16-17-18-19-20-21-22-23-24-45(48)49-40-31-33-46(6)39(35-40)27-28-41-43-30-29-42(47(43,7)34-32-44(41)46)37(5)25-26-38(9-2)36(3)4/h10-11,13-14,16-17,25-27,36-38,40-44H,8-9,12,15,18-24,28-35H2,1-7H3/t37-,38-,40?,41+,42-,43+,44+,46+,47-/m1/s1. The van der Waals surface area contributed by atoms with Gasteiger partial charge in [0.05, 0.1) is 0 Å². The number of carbonyl (C=O) groups is 1. The lowest BCUT2D eigenvalue weighted by atomic mass is 9.47. The highest BCUT2D eigenvalue weighted by atomic mass is 16.5. The number of esters is 1. The summed E-state index contributed by atoms with van der Waals surface area (Å²) in [7, 11) is 0. The van der Waals surface area contributed by atoms with E-state index >= 15 is 0 Å². The Bertz CT molecular complexity index is 1150.